The van der Waals surface area contributed by atoms with Crippen LogP contribution in [-0.4, -0.2) is 41.4 Å². The predicted molar refractivity (Wildman–Crippen MR) is 114 cm³/mol. The van der Waals surface area contributed by atoms with Gasteiger partial charge in [0.25, 0.3) is 5.91 Å². The van der Waals surface area contributed by atoms with E-state index in [1.54, 1.807) is 6.07 Å². The number of hydrogen-bond donors (Lipinski definition) is 2. The van der Waals surface area contributed by atoms with E-state index < -0.39 is 12.1 Å². The molecule has 2 aromatic carbocycles. The van der Waals surface area contributed by atoms with Gasteiger partial charge in [0.1, 0.15) is 0 Å². The van der Waals surface area contributed by atoms with Gasteiger partial charge in [-0.15, -0.1) is 0 Å². The standard InChI is InChI=1S/C22H24BrN3O2/c1-14-4-5-16(10-19(14)23)22(28)25-21-18-12-17(7-6-15(18)11-20(21)27)24-13-26-8-2-3-9-26/h4-7,10,12-13,20-21,27H,2-3,8-9,11H2,1H3,(H,25,28). The summed E-state index contributed by atoms with van der Waals surface area (Å²) in [5, 5.41) is 13.5. The topological polar surface area (TPSA) is 64.9 Å². The molecule has 1 aliphatic carbocycles. The predicted octanol–water partition coefficient (Wildman–Crippen LogP) is 3.90. The number of aliphatic hydroxyl groups excluding tert-OH is 1. The Kier molecular flexibility index (Phi) is 5.51. The SMILES string of the molecule is Cc1ccc(C(=O)NC2c3cc(N=CN4CCCC4)ccc3CC2O)cc1Br. The molecule has 0 radical (unpaired) electrons. The van der Waals surface area contributed by atoms with E-state index in [2.05, 4.69) is 31.1 Å². The highest BCUT2D eigenvalue weighted by atomic mass is 79.9. The first-order valence-electron chi connectivity index (χ1n) is 9.67. The van der Waals surface area contributed by atoms with E-state index in [0.717, 1.165) is 39.9 Å². The van der Waals surface area contributed by atoms with E-state index in [0.29, 0.717) is 12.0 Å². The molecule has 1 heterocycles. The second kappa shape index (κ2) is 8.05. The number of benzene rings is 2. The molecule has 1 amide bonds. The second-order valence-electron chi connectivity index (χ2n) is 7.56. The molecule has 6 heteroatoms. The van der Waals surface area contributed by atoms with Gasteiger partial charge in [0.15, 0.2) is 0 Å². The van der Waals surface area contributed by atoms with Crippen LogP contribution in [0.2, 0.25) is 0 Å². The summed E-state index contributed by atoms with van der Waals surface area (Å²) in [4.78, 5) is 19.5. The van der Waals surface area contributed by atoms with Gasteiger partial charge in [0, 0.05) is 29.5 Å². The van der Waals surface area contributed by atoms with Gasteiger partial charge in [0.2, 0.25) is 0 Å². The van der Waals surface area contributed by atoms with E-state index in [1.165, 1.54) is 12.8 Å². The minimum absolute atomic E-state index is 0.191. The maximum Gasteiger partial charge on any atom is 0.251 e. The van der Waals surface area contributed by atoms with Gasteiger partial charge in [-0.1, -0.05) is 28.1 Å². The number of fused-ring (bicyclic) bond motifs is 1. The maximum atomic E-state index is 12.7. The number of amides is 1. The van der Waals surface area contributed by atoms with Crippen molar-refractivity contribution in [3.63, 3.8) is 0 Å². The van der Waals surface area contributed by atoms with Crippen LogP contribution in [0, 0.1) is 6.92 Å². The molecule has 2 unspecified atom stereocenters. The number of aliphatic hydroxyl groups is 1. The molecule has 0 spiro atoms. The third kappa shape index (κ3) is 3.98. The van der Waals surface area contributed by atoms with Crippen LogP contribution < -0.4 is 5.32 Å². The lowest BCUT2D eigenvalue weighted by molar-refractivity contribution is 0.0858. The van der Waals surface area contributed by atoms with E-state index >= 15 is 0 Å². The molecule has 2 N–H and O–H groups in total. The molecular weight excluding hydrogens is 418 g/mol. The average Bonchev–Trinajstić information content (AvgIpc) is 3.30. The second-order valence-corrected chi connectivity index (χ2v) is 8.41. The zero-order chi connectivity index (χ0) is 19.7. The van der Waals surface area contributed by atoms with Crippen molar-refractivity contribution in [2.75, 3.05) is 13.1 Å². The van der Waals surface area contributed by atoms with Gasteiger partial charge < -0.3 is 15.3 Å². The Morgan fingerprint density at radius 2 is 2.04 bits per heavy atom. The summed E-state index contributed by atoms with van der Waals surface area (Å²) >= 11 is 3.47. The molecule has 0 aromatic heterocycles. The van der Waals surface area contributed by atoms with Crippen molar-refractivity contribution in [3.05, 3.63) is 63.1 Å². The number of likely N-dealkylation sites (tertiary alicyclic amines) is 1. The zero-order valence-corrected chi connectivity index (χ0v) is 17.4. The highest BCUT2D eigenvalue weighted by molar-refractivity contribution is 9.10. The number of aryl methyl sites for hydroxylation is 1. The molecule has 1 aliphatic heterocycles. The van der Waals surface area contributed by atoms with Crippen LogP contribution in [0.25, 0.3) is 0 Å². The number of halogens is 1. The van der Waals surface area contributed by atoms with Gasteiger partial charge in [-0.25, -0.2) is 4.99 Å². The summed E-state index contributed by atoms with van der Waals surface area (Å²) in [6.07, 6.45) is 4.23. The monoisotopic (exact) mass is 441 g/mol. The normalized spacial score (nSPS) is 21.3. The van der Waals surface area contributed by atoms with Crippen molar-refractivity contribution >= 4 is 33.9 Å². The van der Waals surface area contributed by atoms with Gasteiger partial charge >= 0.3 is 0 Å². The molecule has 4 rings (SSSR count). The number of nitrogens with zero attached hydrogens (tertiary/aromatic N) is 2. The van der Waals surface area contributed by atoms with Crippen molar-refractivity contribution in [2.24, 2.45) is 4.99 Å². The summed E-state index contributed by atoms with van der Waals surface area (Å²) < 4.78 is 0.894. The van der Waals surface area contributed by atoms with Crippen molar-refractivity contribution in [1.29, 1.82) is 0 Å². The van der Waals surface area contributed by atoms with Crippen LogP contribution in [0.3, 0.4) is 0 Å². The van der Waals surface area contributed by atoms with Crippen LogP contribution in [0.5, 0.6) is 0 Å². The Labute approximate surface area is 173 Å². The van der Waals surface area contributed by atoms with Crippen molar-refractivity contribution < 1.29 is 9.90 Å². The van der Waals surface area contributed by atoms with E-state index in [1.807, 2.05) is 43.6 Å². The minimum Gasteiger partial charge on any atom is -0.390 e. The Hall–Kier alpha value is -2.18. The van der Waals surface area contributed by atoms with Crippen molar-refractivity contribution in [1.82, 2.24) is 10.2 Å². The first kappa shape index (κ1) is 19.2. The number of carbonyl (C=O) groups is 1. The Balaban J connectivity index is 1.53. The fourth-order valence-corrected chi connectivity index (χ4v) is 4.21. The fraction of sp³-hybridized carbons (Fsp3) is 0.364. The third-order valence-corrected chi connectivity index (χ3v) is 6.36. The Morgan fingerprint density at radius 3 is 2.79 bits per heavy atom. The summed E-state index contributed by atoms with van der Waals surface area (Å²) in [5.41, 5.74) is 4.49. The van der Waals surface area contributed by atoms with Crippen LogP contribution in [0.15, 0.2) is 45.9 Å². The molecule has 0 bridgehead atoms. The largest absolute Gasteiger partial charge is 0.390 e. The smallest absolute Gasteiger partial charge is 0.251 e. The number of aliphatic imine (C=N–C) groups is 1. The number of rotatable bonds is 4. The van der Waals surface area contributed by atoms with Crippen molar-refractivity contribution in [3.8, 4) is 0 Å². The molecule has 146 valence electrons. The van der Waals surface area contributed by atoms with Crippen molar-refractivity contribution in [2.45, 2.75) is 38.3 Å². The lowest BCUT2D eigenvalue weighted by Crippen LogP contribution is -2.33. The average molecular weight is 442 g/mol. The summed E-state index contributed by atoms with van der Waals surface area (Å²) in [5.74, 6) is -0.191. The highest BCUT2D eigenvalue weighted by Crippen LogP contribution is 2.34. The molecule has 2 atom stereocenters. The number of hydrogen-bond acceptors (Lipinski definition) is 3. The van der Waals surface area contributed by atoms with Gasteiger partial charge in [0.05, 0.1) is 24.2 Å². The summed E-state index contributed by atoms with van der Waals surface area (Å²) in [6, 6.07) is 11.0. The molecule has 2 aliphatic rings. The highest BCUT2D eigenvalue weighted by Gasteiger charge is 2.32. The zero-order valence-electron chi connectivity index (χ0n) is 15.9. The quantitative estimate of drug-likeness (QED) is 0.558. The van der Waals surface area contributed by atoms with Gasteiger partial charge in [-0.2, -0.15) is 0 Å². The molecule has 2 aromatic rings. The third-order valence-electron chi connectivity index (χ3n) is 5.51. The first-order valence-corrected chi connectivity index (χ1v) is 10.5. The fourth-order valence-electron chi connectivity index (χ4n) is 3.83. The maximum absolute atomic E-state index is 12.7. The lowest BCUT2D eigenvalue weighted by atomic mass is 10.1. The summed E-state index contributed by atoms with van der Waals surface area (Å²) in [6.45, 7) is 4.09. The van der Waals surface area contributed by atoms with Crippen LogP contribution >= 0.6 is 15.9 Å². The number of nitrogens with one attached hydrogen (secondary N) is 1. The van der Waals surface area contributed by atoms with Crippen LogP contribution in [0.4, 0.5) is 5.69 Å². The van der Waals surface area contributed by atoms with E-state index in [4.69, 9.17) is 0 Å². The number of carbonyl (C=O) groups excluding carboxylic acids is 1. The van der Waals surface area contributed by atoms with E-state index in [-0.39, 0.29) is 5.91 Å². The molecule has 1 saturated heterocycles. The van der Waals surface area contributed by atoms with Gasteiger partial charge in [-0.3, -0.25) is 4.79 Å². The first-order chi connectivity index (χ1) is 13.5. The van der Waals surface area contributed by atoms with Crippen LogP contribution in [0.1, 0.15) is 45.9 Å². The Bertz CT molecular complexity index is 922. The van der Waals surface area contributed by atoms with Gasteiger partial charge in [-0.05, 0) is 60.7 Å². The molecule has 5 nitrogen and oxygen atoms in total. The molecule has 1 fully saturated rings. The summed E-state index contributed by atoms with van der Waals surface area (Å²) in [7, 11) is 0. The molecule has 28 heavy (non-hydrogen) atoms. The minimum atomic E-state index is -0.634. The van der Waals surface area contributed by atoms with Crippen LogP contribution in [-0.2, 0) is 6.42 Å². The van der Waals surface area contributed by atoms with E-state index in [9.17, 15) is 9.90 Å². The lowest BCUT2D eigenvalue weighted by Gasteiger charge is -2.18. The molecular formula is C22H24BrN3O2. The Morgan fingerprint density at radius 1 is 1.25 bits per heavy atom. The molecule has 0 saturated carbocycles.